The highest BCUT2D eigenvalue weighted by Crippen LogP contribution is 2.45. The van der Waals surface area contributed by atoms with Gasteiger partial charge in [-0.2, -0.15) is 25.8 Å². The van der Waals surface area contributed by atoms with Gasteiger partial charge in [-0.1, -0.05) is 30.3 Å². The van der Waals surface area contributed by atoms with Gasteiger partial charge in [0.1, 0.15) is 6.04 Å². The van der Waals surface area contributed by atoms with E-state index >= 15 is 0 Å². The second-order valence-corrected chi connectivity index (χ2v) is 7.40. The number of likely N-dealkylation sites (N-methyl/N-ethyl adjacent to an activating group) is 1. The highest BCUT2D eigenvalue weighted by Gasteiger charge is 2.48. The molecule has 0 aliphatic heterocycles. The molecule has 2 N–H and O–H groups in total. The largest absolute Gasteiger partial charge is 0.391 e. The first-order chi connectivity index (χ1) is 12.7. The quantitative estimate of drug-likeness (QED) is 0.641. The number of amides is 2. The number of thiol groups is 1. The normalized spacial score (nSPS) is 24.1. The topological polar surface area (TPSA) is 58.2 Å². The van der Waals surface area contributed by atoms with Crippen molar-refractivity contribution >= 4 is 24.4 Å². The Hall–Kier alpha value is -1.70. The molecule has 0 bridgehead atoms. The number of hydrogen-bond acceptors (Lipinski definition) is 3. The monoisotopic (exact) mass is 402 g/mol. The van der Waals surface area contributed by atoms with Crippen LogP contribution in [0.5, 0.6) is 0 Å². The Bertz CT molecular complexity index is 644. The minimum absolute atomic E-state index is 0.0964. The molecule has 1 atom stereocenters. The Morgan fingerprint density at radius 2 is 1.81 bits per heavy atom. The van der Waals surface area contributed by atoms with E-state index in [1.807, 2.05) is 30.3 Å². The summed E-state index contributed by atoms with van der Waals surface area (Å²) < 4.78 is 38.8. The highest BCUT2D eigenvalue weighted by molar-refractivity contribution is 7.80. The number of halogens is 3. The van der Waals surface area contributed by atoms with Gasteiger partial charge in [-0.25, -0.2) is 0 Å². The molecule has 8 heteroatoms. The molecule has 1 aliphatic rings. The van der Waals surface area contributed by atoms with Crippen LogP contribution in [0, 0.1) is 11.3 Å². The molecule has 0 heterocycles. The highest BCUT2D eigenvalue weighted by atomic mass is 32.1. The molecular formula is C19H25F3N2O2S. The van der Waals surface area contributed by atoms with Crippen molar-refractivity contribution in [1.82, 2.24) is 10.6 Å². The van der Waals surface area contributed by atoms with E-state index in [-0.39, 0.29) is 37.3 Å². The average Bonchev–Trinajstić information content (AvgIpc) is 2.66. The van der Waals surface area contributed by atoms with Crippen molar-refractivity contribution in [2.75, 3.05) is 12.8 Å². The number of benzene rings is 1. The van der Waals surface area contributed by atoms with E-state index in [2.05, 4.69) is 23.3 Å². The maximum absolute atomic E-state index is 12.9. The van der Waals surface area contributed by atoms with Gasteiger partial charge in [-0.05, 0) is 31.2 Å². The van der Waals surface area contributed by atoms with Crippen molar-refractivity contribution in [2.45, 2.75) is 44.3 Å². The van der Waals surface area contributed by atoms with Crippen molar-refractivity contribution in [3.05, 3.63) is 35.9 Å². The average molecular weight is 402 g/mol. The third-order valence-corrected chi connectivity index (χ3v) is 5.95. The number of hydrogen-bond donors (Lipinski definition) is 3. The number of rotatable bonds is 6. The predicted octanol–water partition coefficient (Wildman–Crippen LogP) is 3.13. The van der Waals surface area contributed by atoms with Crippen LogP contribution in [0.25, 0.3) is 0 Å². The van der Waals surface area contributed by atoms with E-state index in [0.29, 0.717) is 6.42 Å². The van der Waals surface area contributed by atoms with Crippen LogP contribution in [0.1, 0.15) is 31.2 Å². The lowest BCUT2D eigenvalue weighted by Gasteiger charge is -2.39. The Kier molecular flexibility index (Phi) is 7.19. The maximum atomic E-state index is 12.9. The molecule has 1 aliphatic carbocycles. The molecule has 27 heavy (non-hydrogen) atoms. The molecule has 0 saturated heterocycles. The van der Waals surface area contributed by atoms with Crippen molar-refractivity contribution in [3.8, 4) is 0 Å². The predicted molar refractivity (Wildman–Crippen MR) is 100 cm³/mol. The summed E-state index contributed by atoms with van der Waals surface area (Å²) in [5, 5.41) is 5.28. The third kappa shape index (κ3) is 5.40. The number of carbonyl (C=O) groups is 2. The molecular weight excluding hydrogens is 377 g/mol. The maximum Gasteiger partial charge on any atom is 0.391 e. The van der Waals surface area contributed by atoms with Gasteiger partial charge >= 0.3 is 6.18 Å². The van der Waals surface area contributed by atoms with Crippen molar-refractivity contribution in [3.63, 3.8) is 0 Å². The molecule has 1 aromatic carbocycles. The first-order valence-electron chi connectivity index (χ1n) is 8.96. The van der Waals surface area contributed by atoms with Crippen LogP contribution in [0.2, 0.25) is 0 Å². The van der Waals surface area contributed by atoms with Gasteiger partial charge in [-0.15, -0.1) is 0 Å². The molecule has 150 valence electrons. The van der Waals surface area contributed by atoms with Gasteiger partial charge in [0.05, 0.1) is 11.3 Å². The Labute approximate surface area is 162 Å². The zero-order valence-electron chi connectivity index (χ0n) is 15.2. The molecule has 0 aromatic heterocycles. The van der Waals surface area contributed by atoms with E-state index in [4.69, 9.17) is 0 Å². The molecule has 1 saturated carbocycles. The third-order valence-electron chi connectivity index (χ3n) is 5.34. The summed E-state index contributed by atoms with van der Waals surface area (Å²) in [5.74, 6) is -1.97. The zero-order valence-corrected chi connectivity index (χ0v) is 16.1. The van der Waals surface area contributed by atoms with Crippen molar-refractivity contribution in [2.24, 2.45) is 11.3 Å². The first-order valence-corrected chi connectivity index (χ1v) is 9.59. The van der Waals surface area contributed by atoms with Crippen LogP contribution >= 0.6 is 12.6 Å². The summed E-state index contributed by atoms with van der Waals surface area (Å²) in [6, 6.07) is 8.45. The number of nitrogens with one attached hydrogen (secondary N) is 2. The van der Waals surface area contributed by atoms with Gasteiger partial charge in [0.25, 0.3) is 0 Å². The van der Waals surface area contributed by atoms with E-state index < -0.39 is 29.5 Å². The lowest BCUT2D eigenvalue weighted by Crippen LogP contribution is -2.54. The minimum Gasteiger partial charge on any atom is -0.357 e. The number of alkyl halides is 3. The standard InChI is InChI=1S/C19H25F3N2O2S/c1-23-16(25)15(11-13-5-3-2-4-6-13)24-17(26)18(12-27)9-7-14(8-10-18)19(20,21)22/h2-6,14-15,27H,7-12H2,1H3,(H,23,25)(H,24,26)/t14?,15-,18?/m0/s1. The van der Waals surface area contributed by atoms with Gasteiger partial charge in [0.2, 0.25) is 11.8 Å². The second kappa shape index (κ2) is 8.99. The summed E-state index contributed by atoms with van der Waals surface area (Å²) in [4.78, 5) is 25.1. The lowest BCUT2D eigenvalue weighted by molar-refractivity contribution is -0.188. The van der Waals surface area contributed by atoms with E-state index in [0.717, 1.165) is 5.56 Å². The second-order valence-electron chi connectivity index (χ2n) is 7.08. The molecule has 0 radical (unpaired) electrons. The van der Waals surface area contributed by atoms with Gasteiger partial charge < -0.3 is 10.6 Å². The smallest absolute Gasteiger partial charge is 0.357 e. The van der Waals surface area contributed by atoms with Crippen LogP contribution < -0.4 is 10.6 Å². The molecule has 0 spiro atoms. The van der Waals surface area contributed by atoms with Crippen LogP contribution in [0.15, 0.2) is 30.3 Å². The SMILES string of the molecule is CNC(=O)[C@H](Cc1ccccc1)NC(=O)C1(CS)CCC(C(F)(F)F)CC1. The minimum atomic E-state index is -4.24. The van der Waals surface area contributed by atoms with Gasteiger partial charge in [0.15, 0.2) is 0 Å². The van der Waals surface area contributed by atoms with Gasteiger partial charge in [0, 0.05) is 19.2 Å². The first kappa shape index (κ1) is 21.6. The molecule has 4 nitrogen and oxygen atoms in total. The Morgan fingerprint density at radius 3 is 2.30 bits per heavy atom. The summed E-state index contributed by atoms with van der Waals surface area (Å²) in [6.45, 7) is 0. The summed E-state index contributed by atoms with van der Waals surface area (Å²) in [7, 11) is 1.48. The van der Waals surface area contributed by atoms with E-state index in [1.54, 1.807) is 0 Å². The molecule has 1 aromatic rings. The summed E-state index contributed by atoms with van der Waals surface area (Å²) in [6.07, 6.45) is -3.91. The van der Waals surface area contributed by atoms with Crippen LogP contribution in [0.3, 0.4) is 0 Å². The molecule has 2 amide bonds. The summed E-state index contributed by atoms with van der Waals surface area (Å²) >= 11 is 4.24. The molecule has 0 unspecified atom stereocenters. The zero-order chi connectivity index (χ0) is 20.1. The molecule has 2 rings (SSSR count). The van der Waals surface area contributed by atoms with Crippen LogP contribution in [-0.2, 0) is 16.0 Å². The van der Waals surface area contributed by atoms with Crippen molar-refractivity contribution < 1.29 is 22.8 Å². The van der Waals surface area contributed by atoms with E-state index in [1.165, 1.54) is 7.05 Å². The lowest BCUT2D eigenvalue weighted by atomic mass is 9.70. The molecule has 1 fully saturated rings. The Balaban J connectivity index is 2.09. The van der Waals surface area contributed by atoms with Gasteiger partial charge in [-0.3, -0.25) is 9.59 Å². The fraction of sp³-hybridized carbons (Fsp3) is 0.579. The Morgan fingerprint density at radius 1 is 1.22 bits per heavy atom. The fourth-order valence-electron chi connectivity index (χ4n) is 3.50. The van der Waals surface area contributed by atoms with Crippen LogP contribution in [-0.4, -0.2) is 36.8 Å². The van der Waals surface area contributed by atoms with Crippen LogP contribution in [0.4, 0.5) is 13.2 Å². The number of carbonyl (C=O) groups excluding carboxylic acids is 2. The van der Waals surface area contributed by atoms with Crippen molar-refractivity contribution in [1.29, 1.82) is 0 Å². The summed E-state index contributed by atoms with van der Waals surface area (Å²) in [5.41, 5.74) is -0.0968. The fourth-order valence-corrected chi connectivity index (χ4v) is 3.96. The van der Waals surface area contributed by atoms with E-state index in [9.17, 15) is 22.8 Å².